The summed E-state index contributed by atoms with van der Waals surface area (Å²) >= 11 is 1.52. The van der Waals surface area contributed by atoms with Gasteiger partial charge in [-0.3, -0.25) is 4.79 Å². The Labute approximate surface area is 136 Å². The lowest BCUT2D eigenvalue weighted by atomic mass is 9.83. The molecule has 23 heavy (non-hydrogen) atoms. The number of thiophene rings is 1. The van der Waals surface area contributed by atoms with Crippen LogP contribution in [-0.2, 0) is 16.4 Å². The molecule has 1 amide bonds. The highest BCUT2D eigenvalue weighted by molar-refractivity contribution is 7.10. The SMILES string of the molecule is O=C(Nc1cccc(C(F)(F)F)c1)C1(c2cccs2)CCCC1. The molecule has 1 N–H and O–H groups in total. The van der Waals surface area contributed by atoms with Crippen molar-refractivity contribution in [2.75, 3.05) is 5.32 Å². The Hall–Kier alpha value is -1.82. The van der Waals surface area contributed by atoms with Crippen LogP contribution in [0.15, 0.2) is 41.8 Å². The van der Waals surface area contributed by atoms with Crippen molar-refractivity contribution in [3.63, 3.8) is 0 Å². The summed E-state index contributed by atoms with van der Waals surface area (Å²) in [6.07, 6.45) is -1.04. The molecule has 2 aromatic rings. The number of nitrogens with one attached hydrogen (secondary N) is 1. The van der Waals surface area contributed by atoms with Gasteiger partial charge in [-0.05, 0) is 42.5 Å². The number of hydrogen-bond donors (Lipinski definition) is 1. The molecule has 0 bridgehead atoms. The van der Waals surface area contributed by atoms with Gasteiger partial charge in [0.15, 0.2) is 0 Å². The summed E-state index contributed by atoms with van der Waals surface area (Å²) in [4.78, 5) is 13.8. The largest absolute Gasteiger partial charge is 0.416 e. The molecule has 1 aromatic heterocycles. The molecule has 0 spiro atoms. The van der Waals surface area contributed by atoms with Crippen molar-refractivity contribution in [3.05, 3.63) is 52.2 Å². The van der Waals surface area contributed by atoms with Crippen molar-refractivity contribution in [3.8, 4) is 0 Å². The average Bonchev–Trinajstić information content (AvgIpc) is 3.18. The second-order valence-corrected chi connectivity index (χ2v) is 6.75. The molecule has 122 valence electrons. The number of rotatable bonds is 3. The molecule has 1 saturated carbocycles. The van der Waals surface area contributed by atoms with E-state index in [1.54, 1.807) is 0 Å². The van der Waals surface area contributed by atoms with Gasteiger partial charge >= 0.3 is 6.18 Å². The van der Waals surface area contributed by atoms with Crippen molar-refractivity contribution < 1.29 is 18.0 Å². The minimum Gasteiger partial charge on any atom is -0.325 e. The van der Waals surface area contributed by atoms with Crippen LogP contribution in [0.2, 0.25) is 0 Å². The van der Waals surface area contributed by atoms with Gasteiger partial charge in [0.05, 0.1) is 11.0 Å². The fourth-order valence-electron chi connectivity index (χ4n) is 3.14. The zero-order chi connectivity index (χ0) is 16.5. The number of carbonyl (C=O) groups excluding carboxylic acids is 1. The van der Waals surface area contributed by atoms with E-state index in [2.05, 4.69) is 5.32 Å². The van der Waals surface area contributed by atoms with Gasteiger partial charge < -0.3 is 5.32 Å². The fraction of sp³-hybridized carbons (Fsp3) is 0.353. The topological polar surface area (TPSA) is 29.1 Å². The third kappa shape index (κ3) is 3.13. The summed E-state index contributed by atoms with van der Waals surface area (Å²) in [5, 5.41) is 4.62. The van der Waals surface area contributed by atoms with Gasteiger partial charge in [0, 0.05) is 10.6 Å². The third-order valence-electron chi connectivity index (χ3n) is 4.33. The number of carbonyl (C=O) groups is 1. The van der Waals surface area contributed by atoms with Gasteiger partial charge in [-0.2, -0.15) is 13.2 Å². The maximum Gasteiger partial charge on any atom is 0.416 e. The molecule has 1 aromatic carbocycles. The Morgan fingerprint density at radius 2 is 1.87 bits per heavy atom. The van der Waals surface area contributed by atoms with E-state index < -0.39 is 17.2 Å². The number of amides is 1. The predicted octanol–water partition coefficient (Wildman–Crippen LogP) is 5.22. The van der Waals surface area contributed by atoms with E-state index >= 15 is 0 Å². The van der Waals surface area contributed by atoms with Crippen molar-refractivity contribution in [2.24, 2.45) is 0 Å². The highest BCUT2D eigenvalue weighted by Gasteiger charge is 2.43. The first-order valence-corrected chi connectivity index (χ1v) is 8.32. The Balaban J connectivity index is 1.86. The summed E-state index contributed by atoms with van der Waals surface area (Å²) in [5.74, 6) is -0.211. The molecule has 1 heterocycles. The summed E-state index contributed by atoms with van der Waals surface area (Å²) in [5.41, 5.74) is -1.18. The summed E-state index contributed by atoms with van der Waals surface area (Å²) in [7, 11) is 0. The predicted molar refractivity (Wildman–Crippen MR) is 84.5 cm³/mol. The second kappa shape index (κ2) is 6.00. The maximum absolute atomic E-state index is 12.8. The van der Waals surface area contributed by atoms with Crippen LogP contribution in [0.1, 0.15) is 36.1 Å². The molecule has 1 aliphatic carbocycles. The molecular weight excluding hydrogens is 323 g/mol. The van der Waals surface area contributed by atoms with Gasteiger partial charge in [-0.15, -0.1) is 11.3 Å². The molecule has 1 fully saturated rings. The fourth-order valence-corrected chi connectivity index (χ4v) is 4.12. The Morgan fingerprint density at radius 3 is 2.48 bits per heavy atom. The number of benzene rings is 1. The molecule has 0 radical (unpaired) electrons. The van der Waals surface area contributed by atoms with Crippen LogP contribution in [-0.4, -0.2) is 5.91 Å². The maximum atomic E-state index is 12.8. The standard InChI is InChI=1S/C17H16F3NOS/c18-17(19,20)12-5-3-6-13(11-12)21-15(22)16(8-1-2-9-16)14-7-4-10-23-14/h3-7,10-11H,1-2,8-9H2,(H,21,22). The molecule has 6 heteroatoms. The summed E-state index contributed by atoms with van der Waals surface area (Å²) in [6.45, 7) is 0. The molecular formula is C17H16F3NOS. The summed E-state index contributed by atoms with van der Waals surface area (Å²) < 4.78 is 38.4. The quantitative estimate of drug-likeness (QED) is 0.816. The number of halogens is 3. The first-order valence-electron chi connectivity index (χ1n) is 7.44. The number of alkyl halides is 3. The molecule has 0 atom stereocenters. The van der Waals surface area contributed by atoms with Crippen LogP contribution >= 0.6 is 11.3 Å². The normalized spacial score (nSPS) is 17.2. The van der Waals surface area contributed by atoms with Crippen LogP contribution in [0.25, 0.3) is 0 Å². The van der Waals surface area contributed by atoms with E-state index in [0.717, 1.165) is 42.7 Å². The van der Waals surface area contributed by atoms with Crippen LogP contribution in [0.4, 0.5) is 18.9 Å². The van der Waals surface area contributed by atoms with Crippen molar-refractivity contribution in [1.29, 1.82) is 0 Å². The van der Waals surface area contributed by atoms with E-state index in [1.165, 1.54) is 23.5 Å². The molecule has 0 aliphatic heterocycles. The lowest BCUT2D eigenvalue weighted by Crippen LogP contribution is -2.37. The Bertz CT molecular complexity index is 688. The van der Waals surface area contributed by atoms with Crippen LogP contribution < -0.4 is 5.32 Å². The monoisotopic (exact) mass is 339 g/mol. The van der Waals surface area contributed by atoms with Crippen molar-refractivity contribution in [1.82, 2.24) is 0 Å². The Kier molecular flexibility index (Phi) is 4.19. The van der Waals surface area contributed by atoms with Gasteiger partial charge in [-0.1, -0.05) is 25.0 Å². The Morgan fingerprint density at radius 1 is 1.13 bits per heavy atom. The highest BCUT2D eigenvalue weighted by Crippen LogP contribution is 2.44. The van der Waals surface area contributed by atoms with Crippen LogP contribution in [0.3, 0.4) is 0 Å². The van der Waals surface area contributed by atoms with E-state index in [4.69, 9.17) is 0 Å². The molecule has 0 saturated heterocycles. The van der Waals surface area contributed by atoms with E-state index in [-0.39, 0.29) is 11.6 Å². The highest BCUT2D eigenvalue weighted by atomic mass is 32.1. The van der Waals surface area contributed by atoms with E-state index in [9.17, 15) is 18.0 Å². The molecule has 0 unspecified atom stereocenters. The van der Waals surface area contributed by atoms with E-state index in [0.29, 0.717) is 0 Å². The lowest BCUT2D eigenvalue weighted by molar-refractivity contribution is -0.137. The molecule has 2 nitrogen and oxygen atoms in total. The van der Waals surface area contributed by atoms with Gasteiger partial charge in [0.25, 0.3) is 0 Å². The zero-order valence-electron chi connectivity index (χ0n) is 12.3. The van der Waals surface area contributed by atoms with Crippen LogP contribution in [0, 0.1) is 0 Å². The minimum absolute atomic E-state index is 0.188. The average molecular weight is 339 g/mol. The van der Waals surface area contributed by atoms with Crippen molar-refractivity contribution >= 4 is 22.9 Å². The smallest absolute Gasteiger partial charge is 0.325 e. The lowest BCUT2D eigenvalue weighted by Gasteiger charge is -2.26. The zero-order valence-corrected chi connectivity index (χ0v) is 13.1. The summed E-state index contributed by atoms with van der Waals surface area (Å²) in [6, 6.07) is 8.61. The van der Waals surface area contributed by atoms with Crippen molar-refractivity contribution in [2.45, 2.75) is 37.3 Å². The molecule has 1 aliphatic rings. The number of hydrogen-bond acceptors (Lipinski definition) is 2. The van der Waals surface area contributed by atoms with Gasteiger partial charge in [-0.25, -0.2) is 0 Å². The molecule has 3 rings (SSSR count). The van der Waals surface area contributed by atoms with Gasteiger partial charge in [0.2, 0.25) is 5.91 Å². The first kappa shape index (κ1) is 16.1. The van der Waals surface area contributed by atoms with E-state index in [1.807, 2.05) is 17.5 Å². The third-order valence-corrected chi connectivity index (χ3v) is 5.41. The van der Waals surface area contributed by atoms with Crippen LogP contribution in [0.5, 0.6) is 0 Å². The number of anilines is 1. The second-order valence-electron chi connectivity index (χ2n) is 5.80. The van der Waals surface area contributed by atoms with Gasteiger partial charge in [0.1, 0.15) is 0 Å². The first-order chi connectivity index (χ1) is 10.9. The minimum atomic E-state index is -4.42.